The number of carbonyl (C=O) groups excluding carboxylic acids is 2. The molecule has 0 saturated carbocycles. The fourth-order valence-electron chi connectivity index (χ4n) is 1.35. The number of amides is 2. The molecule has 2 amide bonds. The summed E-state index contributed by atoms with van der Waals surface area (Å²) >= 11 is 0. The second kappa shape index (κ2) is 4.57. The number of carbonyl (C=O) groups is 2. The van der Waals surface area contributed by atoms with Crippen LogP contribution in [0.15, 0.2) is 35.3 Å². The first-order chi connectivity index (χ1) is 7.75. The van der Waals surface area contributed by atoms with Crippen LogP contribution in [-0.4, -0.2) is 24.3 Å². The number of guanidine groups is 1. The standard InChI is InChI=1S/C11H11N3O2/c15-9-6-7-12-11(13-9)14-10(16)8-4-2-1-3-5-8/h1-5H,6-7H2,(H2,12,13,14,15,16). The van der Waals surface area contributed by atoms with Crippen LogP contribution in [0.3, 0.4) is 0 Å². The molecule has 1 fully saturated rings. The summed E-state index contributed by atoms with van der Waals surface area (Å²) in [5, 5.41) is 5.34. The molecule has 5 nitrogen and oxygen atoms in total. The fraction of sp³-hybridized carbons (Fsp3) is 0.182. The second-order valence-corrected chi connectivity index (χ2v) is 3.36. The van der Waals surface area contributed by atoms with Gasteiger partial charge in [0, 0.05) is 18.5 Å². The zero-order valence-corrected chi connectivity index (χ0v) is 8.56. The van der Waals surface area contributed by atoms with Crippen LogP contribution in [0.2, 0.25) is 0 Å². The maximum absolute atomic E-state index is 11.6. The van der Waals surface area contributed by atoms with E-state index in [0.717, 1.165) is 0 Å². The molecule has 1 aliphatic rings. The zero-order valence-electron chi connectivity index (χ0n) is 8.56. The SMILES string of the molecule is O=C1CCN/C(=N\C(=O)c2ccccc2)N1. The van der Waals surface area contributed by atoms with Crippen molar-refractivity contribution in [2.75, 3.05) is 6.54 Å². The molecule has 0 aromatic heterocycles. The molecule has 1 aromatic rings. The zero-order chi connectivity index (χ0) is 11.4. The van der Waals surface area contributed by atoms with Crippen molar-refractivity contribution in [2.45, 2.75) is 6.42 Å². The molecule has 0 atom stereocenters. The van der Waals surface area contributed by atoms with Crippen molar-refractivity contribution in [1.29, 1.82) is 0 Å². The normalized spacial score (nSPS) is 17.8. The Bertz CT molecular complexity index is 440. The van der Waals surface area contributed by atoms with E-state index in [2.05, 4.69) is 15.6 Å². The second-order valence-electron chi connectivity index (χ2n) is 3.36. The van der Waals surface area contributed by atoms with Gasteiger partial charge in [0.25, 0.3) is 5.91 Å². The quantitative estimate of drug-likeness (QED) is 0.710. The van der Waals surface area contributed by atoms with E-state index < -0.39 is 0 Å². The van der Waals surface area contributed by atoms with Gasteiger partial charge in [-0.3, -0.25) is 14.9 Å². The maximum atomic E-state index is 11.6. The van der Waals surface area contributed by atoms with Crippen LogP contribution < -0.4 is 10.6 Å². The minimum atomic E-state index is -0.370. The van der Waals surface area contributed by atoms with Gasteiger partial charge in [-0.05, 0) is 12.1 Å². The number of benzene rings is 1. The summed E-state index contributed by atoms with van der Waals surface area (Å²) in [6, 6.07) is 8.71. The van der Waals surface area contributed by atoms with Crippen molar-refractivity contribution in [3.05, 3.63) is 35.9 Å². The van der Waals surface area contributed by atoms with Gasteiger partial charge < -0.3 is 5.32 Å². The van der Waals surface area contributed by atoms with Crippen LogP contribution >= 0.6 is 0 Å². The molecule has 0 bridgehead atoms. The molecule has 1 aliphatic heterocycles. The van der Waals surface area contributed by atoms with E-state index in [1.165, 1.54) is 0 Å². The highest BCUT2D eigenvalue weighted by molar-refractivity contribution is 6.07. The minimum absolute atomic E-state index is 0.127. The van der Waals surface area contributed by atoms with Crippen molar-refractivity contribution >= 4 is 17.8 Å². The monoisotopic (exact) mass is 217 g/mol. The van der Waals surface area contributed by atoms with Gasteiger partial charge >= 0.3 is 0 Å². The van der Waals surface area contributed by atoms with Crippen molar-refractivity contribution in [3.63, 3.8) is 0 Å². The summed E-state index contributed by atoms with van der Waals surface area (Å²) in [6.07, 6.45) is 0.401. The van der Waals surface area contributed by atoms with E-state index in [4.69, 9.17) is 0 Å². The van der Waals surface area contributed by atoms with Gasteiger partial charge in [-0.25, -0.2) is 0 Å². The van der Waals surface area contributed by atoms with Crippen molar-refractivity contribution < 1.29 is 9.59 Å². The first-order valence-corrected chi connectivity index (χ1v) is 4.97. The Balaban J connectivity index is 2.12. The third kappa shape index (κ3) is 2.44. The van der Waals surface area contributed by atoms with Crippen molar-refractivity contribution in [1.82, 2.24) is 10.6 Å². The topological polar surface area (TPSA) is 70.6 Å². The summed E-state index contributed by atoms with van der Waals surface area (Å²) < 4.78 is 0. The average molecular weight is 217 g/mol. The summed E-state index contributed by atoms with van der Waals surface area (Å²) in [5.41, 5.74) is 0.497. The molecule has 0 radical (unpaired) electrons. The number of rotatable bonds is 1. The van der Waals surface area contributed by atoms with Gasteiger partial charge in [0.2, 0.25) is 11.9 Å². The molecule has 16 heavy (non-hydrogen) atoms. The third-order valence-electron chi connectivity index (χ3n) is 2.14. The first-order valence-electron chi connectivity index (χ1n) is 4.97. The predicted molar refractivity (Wildman–Crippen MR) is 59.0 cm³/mol. The van der Waals surface area contributed by atoms with E-state index >= 15 is 0 Å². The molecular weight excluding hydrogens is 206 g/mol. The van der Waals surface area contributed by atoms with E-state index in [9.17, 15) is 9.59 Å². The Labute approximate surface area is 92.6 Å². The maximum Gasteiger partial charge on any atom is 0.280 e. The molecular formula is C11H11N3O2. The Morgan fingerprint density at radius 2 is 2.00 bits per heavy atom. The lowest BCUT2D eigenvalue weighted by atomic mass is 10.2. The van der Waals surface area contributed by atoms with Crippen molar-refractivity contribution in [3.8, 4) is 0 Å². The van der Waals surface area contributed by atoms with Gasteiger partial charge in [-0.1, -0.05) is 18.2 Å². The number of hydrogen-bond acceptors (Lipinski definition) is 2. The Hall–Kier alpha value is -2.17. The fourth-order valence-corrected chi connectivity index (χ4v) is 1.35. The minimum Gasteiger partial charge on any atom is -0.355 e. The smallest absolute Gasteiger partial charge is 0.280 e. The number of aliphatic imine (C=N–C) groups is 1. The van der Waals surface area contributed by atoms with Crippen molar-refractivity contribution in [2.24, 2.45) is 4.99 Å². The van der Waals surface area contributed by atoms with Crippen LogP contribution in [0.4, 0.5) is 0 Å². The Morgan fingerprint density at radius 3 is 2.69 bits per heavy atom. The Morgan fingerprint density at radius 1 is 1.25 bits per heavy atom. The summed E-state index contributed by atoms with van der Waals surface area (Å²) in [5.74, 6) is -0.270. The third-order valence-corrected chi connectivity index (χ3v) is 2.14. The molecule has 1 heterocycles. The average Bonchev–Trinajstić information content (AvgIpc) is 2.30. The van der Waals surface area contributed by atoms with Crippen LogP contribution in [0, 0.1) is 0 Å². The Kier molecular flexibility index (Phi) is 2.95. The lowest BCUT2D eigenvalue weighted by Gasteiger charge is -2.15. The van der Waals surface area contributed by atoms with E-state index in [1.807, 2.05) is 6.07 Å². The highest BCUT2D eigenvalue weighted by atomic mass is 16.2. The lowest BCUT2D eigenvalue weighted by molar-refractivity contribution is -0.120. The van der Waals surface area contributed by atoms with Crippen LogP contribution in [0.25, 0.3) is 0 Å². The van der Waals surface area contributed by atoms with Gasteiger partial charge in [0.05, 0.1) is 0 Å². The summed E-state index contributed by atoms with van der Waals surface area (Å²) in [6.45, 7) is 0.507. The molecule has 2 N–H and O–H groups in total. The predicted octanol–water partition coefficient (Wildman–Crippen LogP) is 0.292. The molecule has 82 valence electrons. The number of hydrogen-bond donors (Lipinski definition) is 2. The van der Waals surface area contributed by atoms with E-state index in [0.29, 0.717) is 18.5 Å². The van der Waals surface area contributed by atoms with Gasteiger partial charge in [0.1, 0.15) is 0 Å². The lowest BCUT2D eigenvalue weighted by Crippen LogP contribution is -2.48. The molecule has 2 rings (SSSR count). The summed E-state index contributed by atoms with van der Waals surface area (Å²) in [4.78, 5) is 26.5. The van der Waals surface area contributed by atoms with E-state index in [1.54, 1.807) is 24.3 Å². The van der Waals surface area contributed by atoms with Crippen LogP contribution in [0.5, 0.6) is 0 Å². The number of nitrogens with zero attached hydrogens (tertiary/aromatic N) is 1. The van der Waals surface area contributed by atoms with Gasteiger partial charge in [0.15, 0.2) is 0 Å². The molecule has 1 saturated heterocycles. The summed E-state index contributed by atoms with van der Waals surface area (Å²) in [7, 11) is 0. The largest absolute Gasteiger partial charge is 0.355 e. The van der Waals surface area contributed by atoms with Gasteiger partial charge in [-0.15, -0.1) is 0 Å². The van der Waals surface area contributed by atoms with Crippen LogP contribution in [0.1, 0.15) is 16.8 Å². The molecule has 0 unspecified atom stereocenters. The molecule has 0 aliphatic carbocycles. The molecule has 0 spiro atoms. The van der Waals surface area contributed by atoms with Crippen LogP contribution in [-0.2, 0) is 4.79 Å². The van der Waals surface area contributed by atoms with E-state index in [-0.39, 0.29) is 17.8 Å². The molecule has 5 heteroatoms. The molecule has 1 aromatic carbocycles. The first kappa shape index (κ1) is 10.4. The highest BCUT2D eigenvalue weighted by Crippen LogP contribution is 2.00. The van der Waals surface area contributed by atoms with Gasteiger partial charge in [-0.2, -0.15) is 4.99 Å². The number of nitrogens with one attached hydrogen (secondary N) is 2. The highest BCUT2D eigenvalue weighted by Gasteiger charge is 2.13.